The van der Waals surface area contributed by atoms with Gasteiger partial charge in [-0.15, -0.1) is 0 Å². The second-order valence-electron chi connectivity index (χ2n) is 4.32. The molecule has 0 saturated carbocycles. The molecule has 0 amide bonds. The maximum Gasteiger partial charge on any atom is 0.213 e. The Labute approximate surface area is 106 Å². The van der Waals surface area contributed by atoms with Gasteiger partial charge < -0.3 is 10.8 Å². The van der Waals surface area contributed by atoms with Gasteiger partial charge in [0, 0.05) is 12.1 Å². The Morgan fingerprint density at radius 2 is 2.22 bits per heavy atom. The van der Waals surface area contributed by atoms with Gasteiger partial charge >= 0.3 is 0 Å². The van der Waals surface area contributed by atoms with Gasteiger partial charge in [0.2, 0.25) is 10.0 Å². The second-order valence-corrected chi connectivity index (χ2v) is 6.26. The van der Waals surface area contributed by atoms with Crippen molar-refractivity contribution in [2.45, 2.75) is 12.6 Å². The number of benzene rings is 1. The van der Waals surface area contributed by atoms with Crippen molar-refractivity contribution in [3.8, 4) is 0 Å². The predicted octanol–water partition coefficient (Wildman–Crippen LogP) is -0.221. The molecule has 6 nitrogen and oxygen atoms in total. The molecule has 1 unspecified atom stereocenters. The van der Waals surface area contributed by atoms with Crippen molar-refractivity contribution in [3.05, 3.63) is 34.9 Å². The number of aliphatic hydroxyl groups excluding tert-OH is 1. The van der Waals surface area contributed by atoms with E-state index in [-0.39, 0.29) is 12.4 Å². The highest BCUT2D eigenvalue weighted by molar-refractivity contribution is 7.88. The summed E-state index contributed by atoms with van der Waals surface area (Å²) < 4.78 is 24.0. The molecule has 1 aliphatic heterocycles. The number of nitrogen functional groups attached to an aromatic ring is 1. The first-order chi connectivity index (χ1) is 8.30. The molecule has 0 fully saturated rings. The van der Waals surface area contributed by atoms with Crippen molar-refractivity contribution in [2.75, 3.05) is 12.8 Å². The number of fused-ring (bicyclic) bond motifs is 1. The van der Waals surface area contributed by atoms with E-state index in [1.54, 1.807) is 18.2 Å². The molecule has 0 spiro atoms. The topological polar surface area (TPSA) is 107 Å². The SMILES string of the molecule is CS(=O)(=O)N1CCc2cc(C(=N)N)ccc2C1O. The summed E-state index contributed by atoms with van der Waals surface area (Å²) in [5, 5.41) is 17.4. The predicted molar refractivity (Wildman–Crippen MR) is 67.7 cm³/mol. The van der Waals surface area contributed by atoms with Crippen LogP contribution in [0.25, 0.3) is 0 Å². The first-order valence-electron chi connectivity index (χ1n) is 5.43. The molecule has 0 radical (unpaired) electrons. The molecule has 1 heterocycles. The van der Waals surface area contributed by atoms with Gasteiger partial charge in [0.25, 0.3) is 0 Å². The van der Waals surface area contributed by atoms with E-state index in [4.69, 9.17) is 11.1 Å². The largest absolute Gasteiger partial charge is 0.384 e. The van der Waals surface area contributed by atoms with Crippen LogP contribution in [0.5, 0.6) is 0 Å². The molecule has 1 atom stereocenters. The van der Waals surface area contributed by atoms with Crippen LogP contribution in [0.4, 0.5) is 0 Å². The van der Waals surface area contributed by atoms with Gasteiger partial charge in [-0.25, -0.2) is 8.42 Å². The number of nitrogens with one attached hydrogen (secondary N) is 1. The molecule has 4 N–H and O–H groups in total. The standard InChI is InChI=1S/C11H15N3O3S/c1-18(16,17)14-5-4-7-6-8(10(12)13)2-3-9(7)11(14)15/h2-3,6,11,15H,4-5H2,1H3,(H3,12,13). The van der Waals surface area contributed by atoms with Crippen LogP contribution >= 0.6 is 0 Å². The van der Waals surface area contributed by atoms with E-state index in [0.717, 1.165) is 16.1 Å². The van der Waals surface area contributed by atoms with E-state index in [2.05, 4.69) is 0 Å². The molecular weight excluding hydrogens is 254 g/mol. The summed E-state index contributed by atoms with van der Waals surface area (Å²) in [7, 11) is -3.43. The summed E-state index contributed by atoms with van der Waals surface area (Å²) in [6.45, 7) is 0.231. The van der Waals surface area contributed by atoms with Gasteiger partial charge in [-0.05, 0) is 23.6 Å². The number of nitrogens with two attached hydrogens (primary N) is 1. The highest BCUT2D eigenvalue weighted by Crippen LogP contribution is 2.29. The molecule has 1 aromatic carbocycles. The van der Waals surface area contributed by atoms with Gasteiger partial charge in [-0.3, -0.25) is 5.41 Å². The number of nitrogens with zero attached hydrogens (tertiary/aromatic N) is 1. The lowest BCUT2D eigenvalue weighted by molar-refractivity contribution is 0.0547. The zero-order chi connectivity index (χ0) is 13.5. The van der Waals surface area contributed by atoms with Crippen LogP contribution in [0.15, 0.2) is 18.2 Å². The number of hydrogen-bond acceptors (Lipinski definition) is 4. The van der Waals surface area contributed by atoms with Crippen LogP contribution < -0.4 is 5.73 Å². The van der Waals surface area contributed by atoms with Crippen molar-refractivity contribution >= 4 is 15.9 Å². The fraction of sp³-hybridized carbons (Fsp3) is 0.364. The summed E-state index contributed by atoms with van der Waals surface area (Å²) in [6, 6.07) is 4.95. The molecule has 1 aliphatic rings. The highest BCUT2D eigenvalue weighted by Gasteiger charge is 2.31. The minimum Gasteiger partial charge on any atom is -0.384 e. The van der Waals surface area contributed by atoms with Crippen LogP contribution in [0.1, 0.15) is 22.9 Å². The van der Waals surface area contributed by atoms with E-state index in [1.165, 1.54) is 0 Å². The second kappa shape index (κ2) is 4.34. The fourth-order valence-corrected chi connectivity index (χ4v) is 3.00. The van der Waals surface area contributed by atoms with Crippen molar-refractivity contribution in [1.29, 1.82) is 5.41 Å². The Morgan fingerprint density at radius 1 is 1.56 bits per heavy atom. The number of hydrogen-bond donors (Lipinski definition) is 3. The van der Waals surface area contributed by atoms with Crippen LogP contribution in [0.2, 0.25) is 0 Å². The molecule has 1 aromatic rings. The van der Waals surface area contributed by atoms with Crippen LogP contribution in [-0.2, 0) is 16.4 Å². The Balaban J connectivity index is 2.43. The Kier molecular flexibility index (Phi) is 3.14. The van der Waals surface area contributed by atoms with Crippen molar-refractivity contribution in [1.82, 2.24) is 4.31 Å². The summed E-state index contributed by atoms with van der Waals surface area (Å²) in [5.74, 6) is -0.0437. The molecular formula is C11H15N3O3S. The van der Waals surface area contributed by atoms with Gasteiger partial charge in [0.05, 0.1) is 6.26 Å². The number of amidine groups is 1. The lowest BCUT2D eigenvalue weighted by Crippen LogP contribution is -2.39. The normalized spacial score (nSPS) is 20.4. The van der Waals surface area contributed by atoms with E-state index >= 15 is 0 Å². The minimum atomic E-state index is -3.43. The fourth-order valence-electron chi connectivity index (χ4n) is 2.10. The first kappa shape index (κ1) is 13.0. The lowest BCUT2D eigenvalue weighted by atomic mass is 9.97. The first-order valence-corrected chi connectivity index (χ1v) is 7.27. The molecule has 0 bridgehead atoms. The quantitative estimate of drug-likeness (QED) is 0.509. The number of aliphatic hydroxyl groups is 1. The minimum absolute atomic E-state index is 0.0437. The number of rotatable bonds is 2. The Morgan fingerprint density at radius 3 is 2.78 bits per heavy atom. The van der Waals surface area contributed by atoms with Crippen LogP contribution in [-0.4, -0.2) is 36.5 Å². The summed E-state index contributed by atoms with van der Waals surface area (Å²) >= 11 is 0. The zero-order valence-corrected chi connectivity index (χ0v) is 10.7. The number of sulfonamides is 1. The Bertz CT molecular complexity index is 598. The van der Waals surface area contributed by atoms with Crippen molar-refractivity contribution < 1.29 is 13.5 Å². The maximum absolute atomic E-state index is 11.5. The van der Waals surface area contributed by atoms with E-state index in [0.29, 0.717) is 17.5 Å². The summed E-state index contributed by atoms with van der Waals surface area (Å²) in [4.78, 5) is 0. The van der Waals surface area contributed by atoms with Gasteiger partial charge in [-0.2, -0.15) is 4.31 Å². The third kappa shape index (κ3) is 2.24. The molecule has 98 valence electrons. The van der Waals surface area contributed by atoms with Gasteiger partial charge in [0.1, 0.15) is 12.1 Å². The lowest BCUT2D eigenvalue weighted by Gasteiger charge is -2.32. The summed E-state index contributed by atoms with van der Waals surface area (Å²) in [5.41, 5.74) is 7.35. The van der Waals surface area contributed by atoms with Gasteiger partial charge in [-0.1, -0.05) is 12.1 Å². The monoisotopic (exact) mass is 269 g/mol. The molecule has 0 aromatic heterocycles. The van der Waals surface area contributed by atoms with E-state index in [1.807, 2.05) is 0 Å². The van der Waals surface area contributed by atoms with Crippen LogP contribution in [0, 0.1) is 5.41 Å². The third-order valence-corrected chi connectivity index (χ3v) is 4.27. The Hall–Kier alpha value is -1.44. The van der Waals surface area contributed by atoms with Gasteiger partial charge in [0.15, 0.2) is 0 Å². The molecule has 7 heteroatoms. The smallest absolute Gasteiger partial charge is 0.213 e. The average Bonchev–Trinajstić information content (AvgIpc) is 2.27. The van der Waals surface area contributed by atoms with Crippen molar-refractivity contribution in [3.63, 3.8) is 0 Å². The average molecular weight is 269 g/mol. The van der Waals surface area contributed by atoms with Crippen molar-refractivity contribution in [2.24, 2.45) is 5.73 Å². The summed E-state index contributed by atoms with van der Waals surface area (Å²) in [6.07, 6.45) is 0.413. The zero-order valence-electron chi connectivity index (χ0n) is 9.92. The van der Waals surface area contributed by atoms with Crippen LogP contribution in [0.3, 0.4) is 0 Å². The van der Waals surface area contributed by atoms with E-state index < -0.39 is 16.3 Å². The molecule has 18 heavy (non-hydrogen) atoms. The molecule has 2 rings (SSSR count). The highest BCUT2D eigenvalue weighted by atomic mass is 32.2. The molecule has 0 aliphatic carbocycles. The third-order valence-electron chi connectivity index (χ3n) is 3.03. The molecule has 0 saturated heterocycles. The van der Waals surface area contributed by atoms with E-state index in [9.17, 15) is 13.5 Å². The maximum atomic E-state index is 11.5.